The second-order valence-corrected chi connectivity index (χ2v) is 5.00. The van der Waals surface area contributed by atoms with E-state index < -0.39 is 0 Å². The van der Waals surface area contributed by atoms with Gasteiger partial charge in [-0.3, -0.25) is 4.79 Å². The number of nitrogens with zero attached hydrogens (tertiary/aromatic N) is 1. The standard InChI is InChI=1S/C15H22N2O/c1-3-17(11-14-5-4-10-16-14)15(18)13-8-6-12(2)7-9-13/h6-9,14,16H,3-5,10-11H2,1-2H3. The number of carbonyl (C=O) groups is 1. The van der Waals surface area contributed by atoms with Crippen LogP contribution in [0.3, 0.4) is 0 Å². The highest BCUT2D eigenvalue weighted by atomic mass is 16.2. The summed E-state index contributed by atoms with van der Waals surface area (Å²) >= 11 is 0. The van der Waals surface area contributed by atoms with Crippen molar-refractivity contribution in [1.29, 1.82) is 0 Å². The van der Waals surface area contributed by atoms with E-state index >= 15 is 0 Å². The topological polar surface area (TPSA) is 32.3 Å². The average Bonchev–Trinajstić information content (AvgIpc) is 2.89. The quantitative estimate of drug-likeness (QED) is 0.883. The predicted octanol–water partition coefficient (Wildman–Crippen LogP) is 2.21. The Labute approximate surface area is 109 Å². The molecule has 1 N–H and O–H groups in total. The van der Waals surface area contributed by atoms with Crippen LogP contribution in [0.2, 0.25) is 0 Å². The van der Waals surface area contributed by atoms with Crippen molar-refractivity contribution in [3.05, 3.63) is 35.4 Å². The first-order valence-corrected chi connectivity index (χ1v) is 6.80. The van der Waals surface area contributed by atoms with Gasteiger partial charge in [-0.05, 0) is 45.4 Å². The minimum absolute atomic E-state index is 0.145. The molecule has 0 aromatic heterocycles. The number of carbonyl (C=O) groups excluding carboxylic acids is 1. The van der Waals surface area contributed by atoms with E-state index in [0.717, 1.165) is 25.2 Å². The number of nitrogens with one attached hydrogen (secondary N) is 1. The number of likely N-dealkylation sites (N-methyl/N-ethyl adjacent to an activating group) is 1. The number of rotatable bonds is 4. The Morgan fingerprint density at radius 3 is 2.67 bits per heavy atom. The van der Waals surface area contributed by atoms with Gasteiger partial charge in [0.15, 0.2) is 0 Å². The monoisotopic (exact) mass is 246 g/mol. The normalized spacial score (nSPS) is 18.9. The molecule has 0 saturated carbocycles. The van der Waals surface area contributed by atoms with Crippen LogP contribution in [0.4, 0.5) is 0 Å². The van der Waals surface area contributed by atoms with Crippen LogP contribution in [0.25, 0.3) is 0 Å². The fraction of sp³-hybridized carbons (Fsp3) is 0.533. The van der Waals surface area contributed by atoms with Crippen LogP contribution in [0, 0.1) is 6.92 Å². The van der Waals surface area contributed by atoms with Crippen molar-refractivity contribution in [2.75, 3.05) is 19.6 Å². The van der Waals surface area contributed by atoms with Crippen molar-refractivity contribution in [2.24, 2.45) is 0 Å². The van der Waals surface area contributed by atoms with Gasteiger partial charge in [-0.1, -0.05) is 17.7 Å². The molecule has 18 heavy (non-hydrogen) atoms. The van der Waals surface area contributed by atoms with Crippen molar-refractivity contribution in [1.82, 2.24) is 10.2 Å². The number of benzene rings is 1. The molecule has 1 atom stereocenters. The van der Waals surface area contributed by atoms with Gasteiger partial charge in [-0.2, -0.15) is 0 Å². The van der Waals surface area contributed by atoms with Crippen LogP contribution in [-0.2, 0) is 0 Å². The fourth-order valence-corrected chi connectivity index (χ4v) is 2.41. The van der Waals surface area contributed by atoms with E-state index in [-0.39, 0.29) is 5.91 Å². The molecule has 1 amide bonds. The zero-order chi connectivity index (χ0) is 13.0. The van der Waals surface area contributed by atoms with Gasteiger partial charge in [-0.25, -0.2) is 0 Å². The van der Waals surface area contributed by atoms with Crippen molar-refractivity contribution in [3.8, 4) is 0 Å². The fourth-order valence-electron chi connectivity index (χ4n) is 2.41. The molecule has 1 aromatic rings. The second-order valence-electron chi connectivity index (χ2n) is 5.00. The Morgan fingerprint density at radius 2 is 2.11 bits per heavy atom. The lowest BCUT2D eigenvalue weighted by Gasteiger charge is -2.24. The molecule has 1 heterocycles. The highest BCUT2D eigenvalue weighted by Crippen LogP contribution is 2.11. The highest BCUT2D eigenvalue weighted by Gasteiger charge is 2.21. The van der Waals surface area contributed by atoms with E-state index in [0.29, 0.717) is 6.04 Å². The lowest BCUT2D eigenvalue weighted by molar-refractivity contribution is 0.0751. The van der Waals surface area contributed by atoms with Crippen LogP contribution in [-0.4, -0.2) is 36.5 Å². The second kappa shape index (κ2) is 6.01. The molecule has 1 unspecified atom stereocenters. The minimum Gasteiger partial charge on any atom is -0.337 e. The largest absolute Gasteiger partial charge is 0.337 e. The molecule has 0 aliphatic carbocycles. The molecule has 1 aliphatic heterocycles. The van der Waals surface area contributed by atoms with Crippen LogP contribution in [0.15, 0.2) is 24.3 Å². The predicted molar refractivity (Wildman–Crippen MR) is 73.8 cm³/mol. The van der Waals surface area contributed by atoms with Crippen LogP contribution < -0.4 is 5.32 Å². The van der Waals surface area contributed by atoms with Gasteiger partial charge in [0.05, 0.1) is 0 Å². The molecule has 1 aromatic carbocycles. The lowest BCUT2D eigenvalue weighted by atomic mass is 10.1. The van der Waals surface area contributed by atoms with Gasteiger partial charge in [0.25, 0.3) is 5.91 Å². The summed E-state index contributed by atoms with van der Waals surface area (Å²) in [5, 5.41) is 3.44. The molecule has 0 radical (unpaired) electrons. The summed E-state index contributed by atoms with van der Waals surface area (Å²) < 4.78 is 0. The summed E-state index contributed by atoms with van der Waals surface area (Å²) in [7, 11) is 0. The number of amides is 1. The molecule has 0 spiro atoms. The summed E-state index contributed by atoms with van der Waals surface area (Å²) in [5.41, 5.74) is 1.98. The third-order valence-corrected chi connectivity index (χ3v) is 3.57. The van der Waals surface area contributed by atoms with Gasteiger partial charge in [-0.15, -0.1) is 0 Å². The zero-order valence-corrected chi connectivity index (χ0v) is 11.3. The van der Waals surface area contributed by atoms with Gasteiger partial charge in [0.1, 0.15) is 0 Å². The first-order chi connectivity index (χ1) is 8.70. The molecule has 98 valence electrons. The van der Waals surface area contributed by atoms with Gasteiger partial charge in [0.2, 0.25) is 0 Å². The molecule has 3 heteroatoms. The summed E-state index contributed by atoms with van der Waals surface area (Å²) in [6, 6.07) is 8.30. The van der Waals surface area contributed by atoms with Crippen molar-refractivity contribution in [2.45, 2.75) is 32.7 Å². The smallest absolute Gasteiger partial charge is 0.253 e. The molecule has 0 bridgehead atoms. The summed E-state index contributed by atoms with van der Waals surface area (Å²) in [6.45, 7) is 6.75. The molecule has 2 rings (SSSR count). The number of hydrogen-bond donors (Lipinski definition) is 1. The van der Waals surface area contributed by atoms with E-state index in [1.807, 2.05) is 43.0 Å². The maximum absolute atomic E-state index is 12.4. The van der Waals surface area contributed by atoms with E-state index in [4.69, 9.17) is 0 Å². The van der Waals surface area contributed by atoms with Gasteiger partial charge < -0.3 is 10.2 Å². The third-order valence-electron chi connectivity index (χ3n) is 3.57. The van der Waals surface area contributed by atoms with Gasteiger partial charge in [0, 0.05) is 24.7 Å². The Bertz CT molecular complexity index is 393. The first kappa shape index (κ1) is 13.1. The van der Waals surface area contributed by atoms with E-state index in [1.54, 1.807) is 0 Å². The number of aryl methyl sites for hydroxylation is 1. The Kier molecular flexibility index (Phi) is 4.37. The van der Waals surface area contributed by atoms with Crippen molar-refractivity contribution >= 4 is 5.91 Å². The Morgan fingerprint density at radius 1 is 1.39 bits per heavy atom. The molecule has 1 saturated heterocycles. The highest BCUT2D eigenvalue weighted by molar-refractivity contribution is 5.94. The van der Waals surface area contributed by atoms with Crippen molar-refractivity contribution < 1.29 is 4.79 Å². The van der Waals surface area contributed by atoms with Crippen LogP contribution >= 0.6 is 0 Å². The molecular formula is C15H22N2O. The van der Waals surface area contributed by atoms with Gasteiger partial charge >= 0.3 is 0 Å². The summed E-state index contributed by atoms with van der Waals surface area (Å²) in [6.07, 6.45) is 2.40. The lowest BCUT2D eigenvalue weighted by Crippen LogP contribution is -2.41. The maximum atomic E-state index is 12.4. The van der Waals surface area contributed by atoms with Crippen molar-refractivity contribution in [3.63, 3.8) is 0 Å². The first-order valence-electron chi connectivity index (χ1n) is 6.80. The average molecular weight is 246 g/mol. The van der Waals surface area contributed by atoms with E-state index in [9.17, 15) is 4.79 Å². The SMILES string of the molecule is CCN(CC1CCCN1)C(=O)c1ccc(C)cc1. The molecule has 1 aliphatic rings. The van der Waals surface area contributed by atoms with Crippen LogP contribution in [0.5, 0.6) is 0 Å². The zero-order valence-electron chi connectivity index (χ0n) is 11.3. The Hall–Kier alpha value is -1.35. The Balaban J connectivity index is 2.02. The summed E-state index contributed by atoms with van der Waals surface area (Å²) in [5.74, 6) is 0.145. The minimum atomic E-state index is 0.145. The molecule has 1 fully saturated rings. The summed E-state index contributed by atoms with van der Waals surface area (Å²) in [4.78, 5) is 14.3. The molecular weight excluding hydrogens is 224 g/mol. The molecule has 3 nitrogen and oxygen atoms in total. The van der Waals surface area contributed by atoms with Crippen LogP contribution in [0.1, 0.15) is 35.7 Å². The third kappa shape index (κ3) is 3.10. The van der Waals surface area contributed by atoms with E-state index in [1.165, 1.54) is 18.4 Å². The number of hydrogen-bond acceptors (Lipinski definition) is 2. The maximum Gasteiger partial charge on any atom is 0.253 e. The van der Waals surface area contributed by atoms with E-state index in [2.05, 4.69) is 5.32 Å².